The van der Waals surface area contributed by atoms with Gasteiger partial charge in [0.15, 0.2) is 0 Å². The number of rotatable bonds is 2. The Bertz CT molecular complexity index is 472. The van der Waals surface area contributed by atoms with Crippen LogP contribution in [0.2, 0.25) is 0 Å². The van der Waals surface area contributed by atoms with E-state index < -0.39 is 17.7 Å². The van der Waals surface area contributed by atoms with E-state index >= 15 is 0 Å². The fraction of sp³-hybridized carbons (Fsp3) is 0.750. The molecule has 8 nitrogen and oxygen atoms in total. The quantitative estimate of drug-likeness (QED) is 0.677. The lowest BCUT2D eigenvalue weighted by atomic mass is 9.84. The summed E-state index contributed by atoms with van der Waals surface area (Å²) >= 11 is 0. The average Bonchev–Trinajstić information content (AvgIpc) is 3.03. The van der Waals surface area contributed by atoms with Gasteiger partial charge >= 0.3 is 0 Å². The summed E-state index contributed by atoms with van der Waals surface area (Å²) in [6.45, 7) is 1.17. The van der Waals surface area contributed by atoms with Crippen LogP contribution in [0.25, 0.3) is 0 Å². The molecule has 2 aliphatic heterocycles. The SMILES string of the molecule is O=C(Cn1cncn1)N1C[C@@H](O)[C@@H](O)C12CCOCC2. The summed E-state index contributed by atoms with van der Waals surface area (Å²) in [4.78, 5) is 17.8. The number of amides is 1. The summed E-state index contributed by atoms with van der Waals surface area (Å²) in [5, 5.41) is 24.1. The number of β-amino-alcohol motifs (C(OH)–C–C–N with tert-alkyl or cyclic N) is 1. The first-order chi connectivity index (χ1) is 9.63. The summed E-state index contributed by atoms with van der Waals surface area (Å²) in [5.41, 5.74) is -0.713. The Labute approximate surface area is 116 Å². The first-order valence-electron chi connectivity index (χ1n) is 6.70. The number of ether oxygens (including phenoxy) is 1. The van der Waals surface area contributed by atoms with Crippen LogP contribution >= 0.6 is 0 Å². The first kappa shape index (κ1) is 13.5. The Morgan fingerprint density at radius 2 is 2.15 bits per heavy atom. The van der Waals surface area contributed by atoms with Gasteiger partial charge in [0, 0.05) is 19.8 Å². The fourth-order valence-electron chi connectivity index (χ4n) is 3.17. The van der Waals surface area contributed by atoms with Gasteiger partial charge in [-0.3, -0.25) is 4.79 Å². The minimum atomic E-state index is -0.925. The molecule has 110 valence electrons. The van der Waals surface area contributed by atoms with Crippen molar-refractivity contribution in [3.63, 3.8) is 0 Å². The second-order valence-electron chi connectivity index (χ2n) is 5.33. The van der Waals surface area contributed by atoms with Crippen LogP contribution in [0.1, 0.15) is 12.8 Å². The number of aromatic nitrogens is 3. The van der Waals surface area contributed by atoms with Crippen LogP contribution in [0.3, 0.4) is 0 Å². The van der Waals surface area contributed by atoms with Gasteiger partial charge in [0.05, 0.1) is 11.6 Å². The molecular weight excluding hydrogens is 264 g/mol. The van der Waals surface area contributed by atoms with Crippen molar-refractivity contribution in [3.05, 3.63) is 12.7 Å². The minimum Gasteiger partial charge on any atom is -0.388 e. The highest BCUT2D eigenvalue weighted by molar-refractivity contribution is 5.77. The molecule has 3 heterocycles. The number of aliphatic hydroxyl groups excluding tert-OH is 2. The van der Waals surface area contributed by atoms with Crippen LogP contribution in [-0.4, -0.2) is 73.3 Å². The smallest absolute Gasteiger partial charge is 0.245 e. The maximum atomic E-state index is 12.5. The molecule has 3 rings (SSSR count). The monoisotopic (exact) mass is 282 g/mol. The number of likely N-dealkylation sites (tertiary alicyclic amines) is 1. The Kier molecular flexibility index (Phi) is 3.45. The number of carbonyl (C=O) groups is 1. The normalized spacial score (nSPS) is 29.0. The van der Waals surface area contributed by atoms with Gasteiger partial charge in [0.25, 0.3) is 0 Å². The third-order valence-electron chi connectivity index (χ3n) is 4.25. The lowest BCUT2D eigenvalue weighted by Crippen LogP contribution is -2.57. The van der Waals surface area contributed by atoms with Crippen molar-refractivity contribution in [1.82, 2.24) is 19.7 Å². The van der Waals surface area contributed by atoms with E-state index in [0.29, 0.717) is 26.1 Å². The average molecular weight is 282 g/mol. The van der Waals surface area contributed by atoms with Crippen LogP contribution in [0.15, 0.2) is 12.7 Å². The zero-order valence-electron chi connectivity index (χ0n) is 11.1. The highest BCUT2D eigenvalue weighted by Crippen LogP contribution is 2.38. The van der Waals surface area contributed by atoms with Crippen LogP contribution in [-0.2, 0) is 16.1 Å². The summed E-state index contributed by atoms with van der Waals surface area (Å²) in [6, 6.07) is 0. The predicted octanol–water partition coefficient (Wildman–Crippen LogP) is -1.61. The van der Waals surface area contributed by atoms with E-state index in [0.717, 1.165) is 0 Å². The molecule has 0 aromatic carbocycles. The van der Waals surface area contributed by atoms with E-state index in [1.807, 2.05) is 0 Å². The van der Waals surface area contributed by atoms with E-state index in [2.05, 4.69) is 10.1 Å². The molecule has 0 bridgehead atoms. The van der Waals surface area contributed by atoms with Crippen LogP contribution in [0.4, 0.5) is 0 Å². The molecule has 0 aliphatic carbocycles. The molecule has 20 heavy (non-hydrogen) atoms. The van der Waals surface area contributed by atoms with Crippen molar-refractivity contribution >= 4 is 5.91 Å². The van der Waals surface area contributed by atoms with Crippen LogP contribution in [0.5, 0.6) is 0 Å². The van der Waals surface area contributed by atoms with Crippen molar-refractivity contribution in [2.45, 2.75) is 37.1 Å². The van der Waals surface area contributed by atoms with Gasteiger partial charge in [-0.2, -0.15) is 5.10 Å². The van der Waals surface area contributed by atoms with E-state index in [4.69, 9.17) is 4.74 Å². The molecule has 8 heteroatoms. The second-order valence-corrected chi connectivity index (χ2v) is 5.33. The predicted molar refractivity (Wildman–Crippen MR) is 66.5 cm³/mol. The molecule has 0 radical (unpaired) electrons. The van der Waals surface area contributed by atoms with Gasteiger partial charge in [0.1, 0.15) is 25.3 Å². The minimum absolute atomic E-state index is 0.0576. The summed E-state index contributed by atoms with van der Waals surface area (Å²) in [7, 11) is 0. The molecule has 0 unspecified atom stereocenters. The highest BCUT2D eigenvalue weighted by Gasteiger charge is 2.55. The molecular formula is C12H18N4O4. The molecule has 1 amide bonds. The molecule has 1 aromatic rings. The summed E-state index contributed by atoms with van der Waals surface area (Å²) in [6.07, 6.45) is 2.07. The molecule has 1 aromatic heterocycles. The zero-order valence-corrected chi connectivity index (χ0v) is 11.1. The third kappa shape index (κ3) is 2.09. The molecule has 2 aliphatic rings. The van der Waals surface area contributed by atoms with Crippen molar-refractivity contribution in [3.8, 4) is 0 Å². The number of hydrogen-bond donors (Lipinski definition) is 2. The maximum Gasteiger partial charge on any atom is 0.245 e. The van der Waals surface area contributed by atoms with E-state index in [1.54, 1.807) is 4.90 Å². The van der Waals surface area contributed by atoms with Gasteiger partial charge in [-0.25, -0.2) is 9.67 Å². The summed E-state index contributed by atoms with van der Waals surface area (Å²) in [5.74, 6) is -0.173. The van der Waals surface area contributed by atoms with Crippen molar-refractivity contribution in [1.29, 1.82) is 0 Å². The molecule has 2 fully saturated rings. The number of aliphatic hydroxyl groups is 2. The van der Waals surface area contributed by atoms with Crippen molar-refractivity contribution < 1.29 is 19.7 Å². The Balaban J connectivity index is 1.81. The Morgan fingerprint density at radius 1 is 1.40 bits per heavy atom. The fourth-order valence-corrected chi connectivity index (χ4v) is 3.17. The van der Waals surface area contributed by atoms with Gasteiger partial charge in [0.2, 0.25) is 5.91 Å². The Morgan fingerprint density at radius 3 is 2.80 bits per heavy atom. The molecule has 2 N–H and O–H groups in total. The molecule has 1 spiro atoms. The largest absolute Gasteiger partial charge is 0.388 e. The van der Waals surface area contributed by atoms with Gasteiger partial charge in [-0.15, -0.1) is 0 Å². The first-order valence-corrected chi connectivity index (χ1v) is 6.70. The Hall–Kier alpha value is -1.51. The number of carbonyl (C=O) groups excluding carboxylic acids is 1. The number of hydrogen-bond acceptors (Lipinski definition) is 6. The van der Waals surface area contributed by atoms with Gasteiger partial charge in [-0.1, -0.05) is 0 Å². The lowest BCUT2D eigenvalue weighted by Gasteiger charge is -2.43. The van der Waals surface area contributed by atoms with Gasteiger partial charge < -0.3 is 19.8 Å². The van der Waals surface area contributed by atoms with Crippen LogP contribution in [0, 0.1) is 0 Å². The van der Waals surface area contributed by atoms with E-state index in [-0.39, 0.29) is 19.0 Å². The lowest BCUT2D eigenvalue weighted by molar-refractivity contribution is -0.144. The third-order valence-corrected chi connectivity index (χ3v) is 4.25. The zero-order chi connectivity index (χ0) is 14.2. The number of nitrogens with zero attached hydrogens (tertiary/aromatic N) is 4. The van der Waals surface area contributed by atoms with Crippen molar-refractivity contribution in [2.75, 3.05) is 19.8 Å². The molecule has 2 atom stereocenters. The molecule has 0 saturated carbocycles. The summed E-state index contributed by atoms with van der Waals surface area (Å²) < 4.78 is 6.75. The second kappa shape index (κ2) is 5.12. The van der Waals surface area contributed by atoms with Crippen LogP contribution < -0.4 is 0 Å². The van der Waals surface area contributed by atoms with E-state index in [1.165, 1.54) is 17.3 Å². The standard InChI is InChI=1S/C12H18N4O4/c17-9-5-16(10(18)6-15-8-13-7-14-15)12(11(9)19)1-3-20-4-2-12/h7-9,11,17,19H,1-6H2/t9-,11-/m1/s1. The highest BCUT2D eigenvalue weighted by atomic mass is 16.5. The van der Waals surface area contributed by atoms with E-state index in [9.17, 15) is 15.0 Å². The van der Waals surface area contributed by atoms with Gasteiger partial charge in [-0.05, 0) is 12.8 Å². The topological polar surface area (TPSA) is 101 Å². The molecule has 2 saturated heterocycles. The maximum absolute atomic E-state index is 12.5. The van der Waals surface area contributed by atoms with Crippen molar-refractivity contribution in [2.24, 2.45) is 0 Å².